The Bertz CT molecular complexity index is 889. The van der Waals surface area contributed by atoms with Crippen LogP contribution in [-0.2, 0) is 11.2 Å². The summed E-state index contributed by atoms with van der Waals surface area (Å²) in [6.45, 7) is 1.87. The highest BCUT2D eigenvalue weighted by Gasteiger charge is 2.06. The molecule has 2 heterocycles. The van der Waals surface area contributed by atoms with Crippen LogP contribution in [0.3, 0.4) is 0 Å². The van der Waals surface area contributed by atoms with Crippen LogP contribution in [0.2, 0.25) is 0 Å². The van der Waals surface area contributed by atoms with Crippen LogP contribution in [0, 0.1) is 0 Å². The Balaban J connectivity index is 1.46. The first-order valence-electron chi connectivity index (χ1n) is 7.83. The average Bonchev–Trinajstić information content (AvgIpc) is 3.06. The van der Waals surface area contributed by atoms with E-state index in [0.29, 0.717) is 23.6 Å². The predicted octanol–water partition coefficient (Wildman–Crippen LogP) is 1.41. The molecule has 128 valence electrons. The molecule has 3 aromatic rings. The number of hydrogen-bond donors (Lipinski definition) is 1. The van der Waals surface area contributed by atoms with Crippen LogP contribution in [0.25, 0.3) is 5.78 Å². The third-order valence-corrected chi connectivity index (χ3v) is 3.49. The average molecular weight is 339 g/mol. The number of benzene rings is 1. The Labute approximate surface area is 143 Å². The van der Waals surface area contributed by atoms with Gasteiger partial charge in [0.05, 0.1) is 0 Å². The van der Waals surface area contributed by atoms with Crippen molar-refractivity contribution in [3.8, 4) is 5.75 Å². The lowest BCUT2D eigenvalue weighted by molar-refractivity contribution is -0.131. The third kappa shape index (κ3) is 4.37. The van der Waals surface area contributed by atoms with E-state index >= 15 is 0 Å². The molecule has 2 aromatic heterocycles. The minimum absolute atomic E-state index is 0.167. The first kappa shape index (κ1) is 16.6. The molecule has 0 bridgehead atoms. The number of carbonyl (C=O) groups is 2. The zero-order valence-electron chi connectivity index (χ0n) is 13.7. The highest BCUT2D eigenvalue weighted by Crippen LogP contribution is 2.12. The number of ether oxygens (including phenoxy) is 1. The summed E-state index contributed by atoms with van der Waals surface area (Å²) in [6, 6.07) is 6.43. The first-order valence-corrected chi connectivity index (χ1v) is 7.83. The molecule has 25 heavy (non-hydrogen) atoms. The van der Waals surface area contributed by atoms with Gasteiger partial charge in [-0.15, -0.1) is 0 Å². The lowest BCUT2D eigenvalue weighted by Gasteiger charge is -2.06. The number of aryl methyl sites for hydroxylation is 1. The Morgan fingerprint density at radius 2 is 2.00 bits per heavy atom. The first-order chi connectivity index (χ1) is 12.1. The topological polar surface area (TPSA) is 98.5 Å². The van der Waals surface area contributed by atoms with Gasteiger partial charge in [0.15, 0.2) is 0 Å². The summed E-state index contributed by atoms with van der Waals surface area (Å²) in [7, 11) is 0. The maximum Gasteiger partial charge on any atom is 0.308 e. The Hall–Kier alpha value is -3.29. The summed E-state index contributed by atoms with van der Waals surface area (Å²) in [4.78, 5) is 31.1. The highest BCUT2D eigenvalue weighted by molar-refractivity contribution is 5.94. The van der Waals surface area contributed by atoms with Crippen LogP contribution >= 0.6 is 0 Å². The molecule has 3 rings (SSSR count). The van der Waals surface area contributed by atoms with Gasteiger partial charge in [-0.25, -0.2) is 9.50 Å². The zero-order chi connectivity index (χ0) is 17.6. The van der Waals surface area contributed by atoms with E-state index in [-0.39, 0.29) is 5.91 Å². The van der Waals surface area contributed by atoms with Gasteiger partial charge in [-0.05, 0) is 42.7 Å². The summed E-state index contributed by atoms with van der Waals surface area (Å²) in [6.07, 6.45) is 6.65. The van der Waals surface area contributed by atoms with Gasteiger partial charge < -0.3 is 10.1 Å². The van der Waals surface area contributed by atoms with Gasteiger partial charge in [0.1, 0.15) is 12.1 Å². The number of esters is 1. The lowest BCUT2D eigenvalue weighted by Crippen LogP contribution is -2.24. The molecule has 8 heteroatoms. The van der Waals surface area contributed by atoms with Gasteiger partial charge in [-0.3, -0.25) is 9.59 Å². The van der Waals surface area contributed by atoms with Crippen molar-refractivity contribution in [1.29, 1.82) is 0 Å². The van der Waals surface area contributed by atoms with Crippen molar-refractivity contribution in [2.24, 2.45) is 0 Å². The van der Waals surface area contributed by atoms with Gasteiger partial charge >= 0.3 is 5.97 Å². The highest BCUT2D eigenvalue weighted by atomic mass is 16.5. The maximum absolute atomic E-state index is 12.1. The fraction of sp³-hybridized carbons (Fsp3) is 0.235. The molecular weight excluding hydrogens is 322 g/mol. The second-order valence-electron chi connectivity index (χ2n) is 5.44. The van der Waals surface area contributed by atoms with Crippen molar-refractivity contribution < 1.29 is 14.3 Å². The summed E-state index contributed by atoms with van der Waals surface area (Å²) in [5, 5.41) is 6.90. The van der Waals surface area contributed by atoms with Crippen LogP contribution in [0.1, 0.15) is 29.3 Å². The summed E-state index contributed by atoms with van der Waals surface area (Å²) in [5.74, 6) is 0.421. The SMILES string of the molecule is CC(=O)Oc1ccc(C(=O)NCCCc2cnc3ncnn3c2)cc1. The smallest absolute Gasteiger partial charge is 0.308 e. The molecule has 0 saturated carbocycles. The predicted molar refractivity (Wildman–Crippen MR) is 89.2 cm³/mol. The normalized spacial score (nSPS) is 10.6. The minimum Gasteiger partial charge on any atom is -0.427 e. The van der Waals surface area contributed by atoms with Gasteiger partial charge in [-0.2, -0.15) is 10.1 Å². The largest absolute Gasteiger partial charge is 0.427 e. The molecule has 1 amide bonds. The van der Waals surface area contributed by atoms with E-state index in [1.165, 1.54) is 13.3 Å². The van der Waals surface area contributed by atoms with E-state index in [2.05, 4.69) is 20.4 Å². The van der Waals surface area contributed by atoms with Gasteiger partial charge in [0, 0.05) is 31.4 Å². The molecule has 0 spiro atoms. The van der Waals surface area contributed by atoms with Crippen molar-refractivity contribution in [2.75, 3.05) is 6.54 Å². The fourth-order valence-electron chi connectivity index (χ4n) is 2.32. The standard InChI is InChI=1S/C17H17N5O3/c1-12(23)25-15-6-4-14(5-7-15)16(24)18-8-2-3-13-9-19-17-20-11-21-22(17)10-13/h4-7,9-11H,2-3,8H2,1H3,(H,18,24). The summed E-state index contributed by atoms with van der Waals surface area (Å²) in [5.41, 5.74) is 1.54. The van der Waals surface area contributed by atoms with E-state index in [9.17, 15) is 9.59 Å². The van der Waals surface area contributed by atoms with E-state index < -0.39 is 5.97 Å². The fourth-order valence-corrected chi connectivity index (χ4v) is 2.32. The molecule has 0 saturated heterocycles. The van der Waals surface area contributed by atoms with Crippen molar-refractivity contribution in [1.82, 2.24) is 24.9 Å². The Morgan fingerprint density at radius 3 is 2.76 bits per heavy atom. The third-order valence-electron chi connectivity index (χ3n) is 3.49. The minimum atomic E-state index is -0.393. The number of nitrogens with one attached hydrogen (secondary N) is 1. The molecule has 1 aromatic carbocycles. The van der Waals surface area contributed by atoms with Crippen molar-refractivity contribution in [3.63, 3.8) is 0 Å². The molecule has 0 aliphatic heterocycles. The summed E-state index contributed by atoms with van der Waals surface area (Å²) >= 11 is 0. The zero-order valence-corrected chi connectivity index (χ0v) is 13.7. The van der Waals surface area contributed by atoms with E-state index in [0.717, 1.165) is 18.4 Å². The lowest BCUT2D eigenvalue weighted by atomic mass is 10.2. The van der Waals surface area contributed by atoms with Crippen LogP contribution < -0.4 is 10.1 Å². The maximum atomic E-state index is 12.1. The van der Waals surface area contributed by atoms with Gasteiger partial charge in [-0.1, -0.05) is 0 Å². The summed E-state index contributed by atoms with van der Waals surface area (Å²) < 4.78 is 6.56. The molecule has 0 fully saturated rings. The van der Waals surface area contributed by atoms with Crippen molar-refractivity contribution >= 4 is 17.7 Å². The molecule has 0 unspecified atom stereocenters. The van der Waals surface area contributed by atoms with Crippen LogP contribution in [0.4, 0.5) is 0 Å². The molecule has 1 N–H and O–H groups in total. The van der Waals surface area contributed by atoms with E-state index in [1.54, 1.807) is 35.0 Å². The van der Waals surface area contributed by atoms with E-state index in [4.69, 9.17) is 4.74 Å². The number of carbonyl (C=O) groups excluding carboxylic acids is 2. The number of amides is 1. The van der Waals surface area contributed by atoms with Crippen LogP contribution in [-0.4, -0.2) is 38.0 Å². The van der Waals surface area contributed by atoms with E-state index in [1.807, 2.05) is 6.20 Å². The Morgan fingerprint density at radius 1 is 1.20 bits per heavy atom. The molecular formula is C17H17N5O3. The van der Waals surface area contributed by atoms with Crippen LogP contribution in [0.5, 0.6) is 5.75 Å². The molecule has 0 aliphatic carbocycles. The Kier molecular flexibility index (Phi) is 4.98. The number of fused-ring (bicyclic) bond motifs is 1. The number of hydrogen-bond acceptors (Lipinski definition) is 6. The molecule has 8 nitrogen and oxygen atoms in total. The van der Waals surface area contributed by atoms with Crippen molar-refractivity contribution in [2.45, 2.75) is 19.8 Å². The van der Waals surface area contributed by atoms with Crippen LogP contribution in [0.15, 0.2) is 43.0 Å². The van der Waals surface area contributed by atoms with Gasteiger partial charge in [0.2, 0.25) is 0 Å². The number of aromatic nitrogens is 4. The van der Waals surface area contributed by atoms with Gasteiger partial charge in [0.25, 0.3) is 11.7 Å². The number of rotatable bonds is 6. The number of nitrogens with zero attached hydrogens (tertiary/aromatic N) is 4. The quantitative estimate of drug-likeness (QED) is 0.414. The second-order valence-corrected chi connectivity index (χ2v) is 5.44. The molecule has 0 radical (unpaired) electrons. The van der Waals surface area contributed by atoms with Crippen molar-refractivity contribution in [3.05, 3.63) is 54.1 Å². The monoisotopic (exact) mass is 339 g/mol. The molecule has 0 atom stereocenters. The second kappa shape index (κ2) is 7.52. The molecule has 0 aliphatic rings.